The number of rotatable bonds is 5. The van der Waals surface area contributed by atoms with Gasteiger partial charge in [0.15, 0.2) is 5.82 Å². The number of piperazine rings is 1. The van der Waals surface area contributed by atoms with E-state index in [9.17, 15) is 5.11 Å². The number of fused-ring (bicyclic) bond motifs is 1. The molecule has 1 aliphatic rings. The second kappa shape index (κ2) is 7.03. The fraction of sp³-hybridized carbons (Fsp3) is 0.529. The molecule has 0 aliphatic carbocycles. The molecular weight excluding hydrogens is 354 g/mol. The standard InChI is InChI=1S/C17H23N5OS2/c1-3-13-18-17-22(19-13)16(23)15(25-17)14(12-6-5-11-24-12)21-9-7-20(4-2)8-10-21/h5-6,11,14,23H,3-4,7-10H2,1-2H3/t14-/m1/s1. The van der Waals surface area contributed by atoms with Crippen molar-refractivity contribution in [2.75, 3.05) is 32.7 Å². The quantitative estimate of drug-likeness (QED) is 0.741. The number of likely N-dealkylation sites (N-methyl/N-ethyl adjacent to an activating group) is 1. The molecule has 8 heteroatoms. The fourth-order valence-corrected chi connectivity index (χ4v) is 5.45. The fourth-order valence-electron chi connectivity index (χ4n) is 3.38. The van der Waals surface area contributed by atoms with Gasteiger partial charge in [0.1, 0.15) is 0 Å². The molecule has 1 aliphatic heterocycles. The second-order valence-corrected chi connectivity index (χ2v) is 8.24. The van der Waals surface area contributed by atoms with Crippen LogP contribution in [0.3, 0.4) is 0 Å². The molecule has 1 saturated heterocycles. The Labute approximate surface area is 155 Å². The number of thiazole rings is 1. The Hall–Kier alpha value is -1.48. The van der Waals surface area contributed by atoms with Crippen molar-refractivity contribution in [1.82, 2.24) is 24.4 Å². The lowest BCUT2D eigenvalue weighted by atomic mass is 10.1. The topological polar surface area (TPSA) is 56.9 Å². The molecule has 0 amide bonds. The van der Waals surface area contributed by atoms with Gasteiger partial charge in [0.05, 0.1) is 10.9 Å². The highest BCUT2D eigenvalue weighted by Crippen LogP contribution is 2.41. The maximum atomic E-state index is 10.8. The molecule has 3 aromatic heterocycles. The summed E-state index contributed by atoms with van der Waals surface area (Å²) in [5, 5.41) is 17.4. The lowest BCUT2D eigenvalue weighted by Crippen LogP contribution is -2.47. The van der Waals surface area contributed by atoms with Crippen LogP contribution in [0.25, 0.3) is 4.96 Å². The summed E-state index contributed by atoms with van der Waals surface area (Å²) in [5.74, 6) is 1.01. The molecule has 0 unspecified atom stereocenters. The lowest BCUT2D eigenvalue weighted by molar-refractivity contribution is 0.114. The number of aromatic hydroxyl groups is 1. The van der Waals surface area contributed by atoms with E-state index < -0.39 is 0 Å². The van der Waals surface area contributed by atoms with E-state index in [-0.39, 0.29) is 11.9 Å². The van der Waals surface area contributed by atoms with Gasteiger partial charge in [-0.25, -0.2) is 4.98 Å². The number of aromatic nitrogens is 3. The van der Waals surface area contributed by atoms with Crippen molar-refractivity contribution in [3.63, 3.8) is 0 Å². The van der Waals surface area contributed by atoms with E-state index in [1.54, 1.807) is 27.2 Å². The first-order valence-electron chi connectivity index (χ1n) is 8.78. The Bertz CT molecular complexity index is 833. The number of aryl methyl sites for hydroxylation is 1. The lowest BCUT2D eigenvalue weighted by Gasteiger charge is -2.38. The van der Waals surface area contributed by atoms with E-state index in [0.717, 1.165) is 54.8 Å². The van der Waals surface area contributed by atoms with Crippen LogP contribution in [0.5, 0.6) is 5.88 Å². The highest BCUT2D eigenvalue weighted by atomic mass is 32.1. The number of hydrogen-bond acceptors (Lipinski definition) is 7. The van der Waals surface area contributed by atoms with Gasteiger partial charge >= 0.3 is 0 Å². The summed E-state index contributed by atoms with van der Waals surface area (Å²) in [7, 11) is 0. The summed E-state index contributed by atoms with van der Waals surface area (Å²) < 4.78 is 1.60. The van der Waals surface area contributed by atoms with E-state index in [1.165, 1.54) is 4.88 Å². The summed E-state index contributed by atoms with van der Waals surface area (Å²) in [5.41, 5.74) is 0. The monoisotopic (exact) mass is 377 g/mol. The van der Waals surface area contributed by atoms with Gasteiger partial charge in [-0.2, -0.15) is 4.52 Å². The van der Waals surface area contributed by atoms with Crippen molar-refractivity contribution < 1.29 is 5.11 Å². The molecule has 1 N–H and O–H groups in total. The van der Waals surface area contributed by atoms with Gasteiger partial charge in [-0.3, -0.25) is 4.90 Å². The van der Waals surface area contributed by atoms with Crippen molar-refractivity contribution in [3.8, 4) is 5.88 Å². The minimum atomic E-state index is 0.0811. The first-order chi connectivity index (χ1) is 12.2. The van der Waals surface area contributed by atoms with Crippen LogP contribution in [0.4, 0.5) is 0 Å². The minimum absolute atomic E-state index is 0.0811. The SMILES string of the molecule is CCc1nc2sc([C@@H](c3cccs3)N3CCN(CC)CC3)c(O)n2n1. The normalized spacial score (nSPS) is 18.2. The van der Waals surface area contributed by atoms with Crippen LogP contribution in [0.15, 0.2) is 17.5 Å². The van der Waals surface area contributed by atoms with Crippen LogP contribution in [0.2, 0.25) is 0 Å². The van der Waals surface area contributed by atoms with Gasteiger partial charge < -0.3 is 10.0 Å². The highest BCUT2D eigenvalue weighted by Gasteiger charge is 2.32. The molecule has 134 valence electrons. The average molecular weight is 378 g/mol. The summed E-state index contributed by atoms with van der Waals surface area (Å²) >= 11 is 3.30. The summed E-state index contributed by atoms with van der Waals surface area (Å²) in [6.07, 6.45) is 0.774. The van der Waals surface area contributed by atoms with E-state index in [4.69, 9.17) is 0 Å². The number of nitrogens with zero attached hydrogens (tertiary/aromatic N) is 5. The first-order valence-corrected chi connectivity index (χ1v) is 10.5. The van der Waals surface area contributed by atoms with Crippen LogP contribution in [-0.4, -0.2) is 62.2 Å². The molecule has 0 saturated carbocycles. The molecule has 0 spiro atoms. The predicted octanol–water partition coefficient (Wildman–Crippen LogP) is 2.85. The Morgan fingerprint density at radius 2 is 2.04 bits per heavy atom. The van der Waals surface area contributed by atoms with E-state index >= 15 is 0 Å². The maximum Gasteiger partial charge on any atom is 0.230 e. The number of thiophene rings is 1. The van der Waals surface area contributed by atoms with Crippen LogP contribution >= 0.6 is 22.7 Å². The third-order valence-electron chi connectivity index (χ3n) is 4.84. The largest absolute Gasteiger partial charge is 0.492 e. The van der Waals surface area contributed by atoms with E-state index in [2.05, 4.69) is 44.3 Å². The molecule has 25 heavy (non-hydrogen) atoms. The van der Waals surface area contributed by atoms with Crippen molar-refractivity contribution in [1.29, 1.82) is 0 Å². The van der Waals surface area contributed by atoms with Crippen LogP contribution in [-0.2, 0) is 6.42 Å². The van der Waals surface area contributed by atoms with Crippen LogP contribution in [0.1, 0.15) is 35.5 Å². The zero-order valence-corrected chi connectivity index (χ0v) is 16.2. The van der Waals surface area contributed by atoms with Gasteiger partial charge in [-0.15, -0.1) is 16.4 Å². The maximum absolute atomic E-state index is 10.8. The Morgan fingerprint density at radius 3 is 2.64 bits per heavy atom. The molecule has 0 radical (unpaired) electrons. The van der Waals surface area contributed by atoms with Crippen molar-refractivity contribution >= 4 is 27.6 Å². The predicted molar refractivity (Wildman–Crippen MR) is 102 cm³/mol. The Kier molecular flexibility index (Phi) is 4.77. The zero-order valence-electron chi connectivity index (χ0n) is 14.6. The molecule has 4 heterocycles. The molecule has 0 bridgehead atoms. The first kappa shape index (κ1) is 17.0. The highest BCUT2D eigenvalue weighted by molar-refractivity contribution is 7.17. The third kappa shape index (κ3) is 3.08. The van der Waals surface area contributed by atoms with Crippen molar-refractivity contribution in [2.24, 2.45) is 0 Å². The summed E-state index contributed by atoms with van der Waals surface area (Å²) in [6.45, 7) is 9.48. The molecule has 1 fully saturated rings. The van der Waals surface area contributed by atoms with Crippen molar-refractivity contribution in [2.45, 2.75) is 26.3 Å². The van der Waals surface area contributed by atoms with Crippen molar-refractivity contribution in [3.05, 3.63) is 33.1 Å². The molecule has 3 aromatic rings. The van der Waals surface area contributed by atoms with Gasteiger partial charge in [-0.05, 0) is 18.0 Å². The molecular formula is C17H23N5OS2. The average Bonchev–Trinajstić information content (AvgIpc) is 3.35. The molecule has 4 rings (SSSR count). The van der Waals surface area contributed by atoms with Gasteiger partial charge in [0.2, 0.25) is 10.8 Å². The smallest absolute Gasteiger partial charge is 0.230 e. The Balaban J connectivity index is 1.71. The Morgan fingerprint density at radius 1 is 1.24 bits per heavy atom. The minimum Gasteiger partial charge on any atom is -0.492 e. The van der Waals surface area contributed by atoms with Gasteiger partial charge in [0, 0.05) is 37.5 Å². The van der Waals surface area contributed by atoms with Gasteiger partial charge in [0.25, 0.3) is 0 Å². The zero-order chi connectivity index (χ0) is 17.4. The summed E-state index contributed by atoms with van der Waals surface area (Å²) in [4.78, 5) is 12.5. The van der Waals surface area contributed by atoms with Crippen LogP contribution < -0.4 is 0 Å². The van der Waals surface area contributed by atoms with Crippen LogP contribution in [0, 0.1) is 0 Å². The molecule has 6 nitrogen and oxygen atoms in total. The van der Waals surface area contributed by atoms with E-state index in [1.807, 2.05) is 6.92 Å². The van der Waals surface area contributed by atoms with E-state index in [0.29, 0.717) is 0 Å². The van der Waals surface area contributed by atoms with Gasteiger partial charge in [-0.1, -0.05) is 31.3 Å². The molecule has 0 aromatic carbocycles. The molecule has 1 atom stereocenters. The summed E-state index contributed by atoms with van der Waals surface area (Å²) in [6, 6.07) is 4.32. The third-order valence-corrected chi connectivity index (χ3v) is 6.84. The number of hydrogen-bond donors (Lipinski definition) is 1. The second-order valence-electron chi connectivity index (χ2n) is 6.25.